The van der Waals surface area contributed by atoms with E-state index >= 15 is 0 Å². The highest BCUT2D eigenvalue weighted by Gasteiger charge is 2.32. The minimum atomic E-state index is -0.000365. The minimum absolute atomic E-state index is 0.000365. The van der Waals surface area contributed by atoms with Gasteiger partial charge in [0.25, 0.3) is 0 Å². The number of methoxy groups -OCH3 is 3. The number of nitrogens with zero attached hydrogens (tertiary/aromatic N) is 1. The molecule has 6 nitrogen and oxygen atoms in total. The predicted octanol–water partition coefficient (Wildman–Crippen LogP) is 1.82. The summed E-state index contributed by atoms with van der Waals surface area (Å²) in [7, 11) is 4.92. The van der Waals surface area contributed by atoms with E-state index in [-0.39, 0.29) is 18.2 Å². The van der Waals surface area contributed by atoms with E-state index in [0.29, 0.717) is 12.3 Å². The molecule has 1 aliphatic rings. The predicted molar refractivity (Wildman–Crippen MR) is 89.5 cm³/mol. The lowest BCUT2D eigenvalue weighted by Gasteiger charge is -2.40. The fourth-order valence-electron chi connectivity index (χ4n) is 3.28. The van der Waals surface area contributed by atoms with Gasteiger partial charge in [0.05, 0.1) is 45.1 Å². The molecule has 1 aromatic rings. The minimum Gasteiger partial charge on any atom is -0.496 e. The first-order chi connectivity index (χ1) is 11.0. The molecule has 1 heterocycles. The molecular formula is C17H28N2O4. The Kier molecular flexibility index (Phi) is 6.10. The number of rotatable bonds is 6. The summed E-state index contributed by atoms with van der Waals surface area (Å²) in [4.78, 5) is 2.34. The molecule has 3 atom stereocenters. The zero-order chi connectivity index (χ0) is 17.0. The van der Waals surface area contributed by atoms with E-state index in [1.54, 1.807) is 21.3 Å². The molecule has 0 spiro atoms. The first-order valence-corrected chi connectivity index (χ1v) is 7.93. The van der Waals surface area contributed by atoms with Crippen molar-refractivity contribution in [3.63, 3.8) is 0 Å². The highest BCUT2D eigenvalue weighted by atomic mass is 16.5. The van der Waals surface area contributed by atoms with Crippen molar-refractivity contribution in [2.45, 2.75) is 32.1 Å². The molecule has 0 unspecified atom stereocenters. The van der Waals surface area contributed by atoms with E-state index in [1.807, 2.05) is 12.1 Å². The number of hydrogen-bond donors (Lipinski definition) is 1. The van der Waals surface area contributed by atoms with Gasteiger partial charge in [-0.3, -0.25) is 4.90 Å². The Balaban J connectivity index is 2.43. The van der Waals surface area contributed by atoms with Crippen molar-refractivity contribution in [3.8, 4) is 17.2 Å². The van der Waals surface area contributed by atoms with Gasteiger partial charge in [0.15, 0.2) is 0 Å². The Labute approximate surface area is 138 Å². The van der Waals surface area contributed by atoms with Crippen molar-refractivity contribution < 1.29 is 18.9 Å². The summed E-state index contributed by atoms with van der Waals surface area (Å²) in [5.74, 6) is 2.15. The Morgan fingerprint density at radius 2 is 1.61 bits per heavy atom. The van der Waals surface area contributed by atoms with Gasteiger partial charge in [-0.1, -0.05) is 0 Å². The maximum Gasteiger partial charge on any atom is 0.131 e. The molecular weight excluding hydrogens is 296 g/mol. The Hall–Kier alpha value is -1.50. The second-order valence-corrected chi connectivity index (χ2v) is 5.91. The average molecular weight is 324 g/mol. The van der Waals surface area contributed by atoms with E-state index < -0.39 is 0 Å². The zero-order valence-corrected chi connectivity index (χ0v) is 14.7. The topological polar surface area (TPSA) is 66.2 Å². The number of hydrogen-bond acceptors (Lipinski definition) is 6. The van der Waals surface area contributed by atoms with Gasteiger partial charge >= 0.3 is 0 Å². The molecule has 1 aliphatic heterocycles. The molecule has 0 aromatic heterocycles. The molecule has 0 saturated carbocycles. The van der Waals surface area contributed by atoms with Crippen LogP contribution in [0, 0.1) is 0 Å². The molecule has 1 saturated heterocycles. The standard InChI is InChI=1S/C17H28N2O4/c1-11-9-19(10-12(2)23-11)14(8-18)17-15(21-4)6-13(20-3)7-16(17)22-5/h6-7,11-12,14H,8-10,18H2,1-5H3/t11-,12-,14+/m0/s1. The van der Waals surface area contributed by atoms with Crippen LogP contribution in [-0.2, 0) is 4.74 Å². The summed E-state index contributed by atoms with van der Waals surface area (Å²) in [6.07, 6.45) is 0.339. The van der Waals surface area contributed by atoms with Gasteiger partial charge in [-0.05, 0) is 13.8 Å². The van der Waals surface area contributed by atoms with Crippen LogP contribution in [0.25, 0.3) is 0 Å². The lowest BCUT2D eigenvalue weighted by Crippen LogP contribution is -2.48. The third kappa shape index (κ3) is 3.88. The quantitative estimate of drug-likeness (QED) is 0.861. The van der Waals surface area contributed by atoms with Crippen LogP contribution >= 0.6 is 0 Å². The first-order valence-electron chi connectivity index (χ1n) is 7.93. The highest BCUT2D eigenvalue weighted by molar-refractivity contribution is 5.52. The summed E-state index contributed by atoms with van der Waals surface area (Å²) in [5.41, 5.74) is 7.08. The molecule has 130 valence electrons. The highest BCUT2D eigenvalue weighted by Crippen LogP contribution is 2.40. The van der Waals surface area contributed by atoms with Gasteiger partial charge in [0, 0.05) is 31.8 Å². The van der Waals surface area contributed by atoms with Crippen molar-refractivity contribution in [1.29, 1.82) is 0 Å². The normalized spacial score (nSPS) is 23.4. The summed E-state index contributed by atoms with van der Waals surface area (Å²) in [6, 6.07) is 3.74. The second kappa shape index (κ2) is 7.86. The van der Waals surface area contributed by atoms with Crippen LogP contribution in [0.3, 0.4) is 0 Å². The van der Waals surface area contributed by atoms with Gasteiger partial charge in [-0.15, -0.1) is 0 Å². The van der Waals surface area contributed by atoms with Crippen LogP contribution in [0.2, 0.25) is 0 Å². The van der Waals surface area contributed by atoms with Gasteiger partial charge in [-0.25, -0.2) is 0 Å². The Morgan fingerprint density at radius 3 is 2.00 bits per heavy atom. The summed E-state index contributed by atoms with van der Waals surface area (Å²) in [5, 5.41) is 0. The summed E-state index contributed by atoms with van der Waals surface area (Å²) in [6.45, 7) is 6.28. The van der Waals surface area contributed by atoms with Crippen molar-refractivity contribution in [2.24, 2.45) is 5.73 Å². The van der Waals surface area contributed by atoms with E-state index in [4.69, 9.17) is 24.7 Å². The molecule has 1 aromatic carbocycles. The smallest absolute Gasteiger partial charge is 0.131 e. The fraction of sp³-hybridized carbons (Fsp3) is 0.647. The van der Waals surface area contributed by atoms with Crippen molar-refractivity contribution >= 4 is 0 Å². The van der Waals surface area contributed by atoms with Crippen molar-refractivity contribution in [3.05, 3.63) is 17.7 Å². The monoisotopic (exact) mass is 324 g/mol. The molecule has 2 rings (SSSR count). The van der Waals surface area contributed by atoms with Crippen LogP contribution in [-0.4, -0.2) is 58.1 Å². The lowest BCUT2D eigenvalue weighted by atomic mass is 10.0. The van der Waals surface area contributed by atoms with Gasteiger partial charge in [0.2, 0.25) is 0 Å². The Bertz CT molecular complexity index is 488. The third-order valence-corrected chi connectivity index (χ3v) is 4.20. The number of morpholine rings is 1. The van der Waals surface area contributed by atoms with E-state index in [9.17, 15) is 0 Å². The van der Waals surface area contributed by atoms with Crippen LogP contribution in [0.1, 0.15) is 25.5 Å². The molecule has 1 fully saturated rings. The molecule has 23 heavy (non-hydrogen) atoms. The summed E-state index contributed by atoms with van der Waals surface area (Å²) >= 11 is 0. The molecule has 6 heteroatoms. The van der Waals surface area contributed by atoms with Crippen molar-refractivity contribution in [2.75, 3.05) is 41.0 Å². The summed E-state index contributed by atoms with van der Waals surface area (Å²) < 4.78 is 22.3. The van der Waals surface area contributed by atoms with Gasteiger partial charge in [-0.2, -0.15) is 0 Å². The third-order valence-electron chi connectivity index (χ3n) is 4.20. The molecule has 0 aliphatic carbocycles. The lowest BCUT2D eigenvalue weighted by molar-refractivity contribution is -0.0803. The maximum atomic E-state index is 6.12. The van der Waals surface area contributed by atoms with Crippen LogP contribution in [0.15, 0.2) is 12.1 Å². The van der Waals surface area contributed by atoms with E-state index in [0.717, 1.165) is 30.2 Å². The van der Waals surface area contributed by atoms with Crippen LogP contribution < -0.4 is 19.9 Å². The van der Waals surface area contributed by atoms with Crippen LogP contribution in [0.4, 0.5) is 0 Å². The number of benzene rings is 1. The van der Waals surface area contributed by atoms with Crippen LogP contribution in [0.5, 0.6) is 17.2 Å². The molecule has 0 amide bonds. The molecule has 0 bridgehead atoms. The SMILES string of the molecule is COc1cc(OC)c([C@@H](CN)N2C[C@H](C)O[C@@H](C)C2)c(OC)c1. The van der Waals surface area contributed by atoms with Gasteiger partial charge < -0.3 is 24.7 Å². The average Bonchev–Trinajstić information content (AvgIpc) is 2.54. The fourth-order valence-corrected chi connectivity index (χ4v) is 3.28. The van der Waals surface area contributed by atoms with Gasteiger partial charge in [0.1, 0.15) is 17.2 Å². The number of ether oxygens (including phenoxy) is 4. The Morgan fingerprint density at radius 1 is 1.09 bits per heavy atom. The zero-order valence-electron chi connectivity index (χ0n) is 14.7. The molecule has 2 N–H and O–H groups in total. The maximum absolute atomic E-state index is 6.12. The number of nitrogens with two attached hydrogens (primary N) is 1. The first kappa shape index (κ1) is 17.8. The molecule has 0 radical (unpaired) electrons. The van der Waals surface area contributed by atoms with E-state index in [2.05, 4.69) is 18.7 Å². The largest absolute Gasteiger partial charge is 0.496 e. The second-order valence-electron chi connectivity index (χ2n) is 5.91. The van der Waals surface area contributed by atoms with E-state index in [1.165, 1.54) is 0 Å². The van der Waals surface area contributed by atoms with Crippen molar-refractivity contribution in [1.82, 2.24) is 4.90 Å².